The molecule has 0 fully saturated rings. The molecule has 55 heavy (non-hydrogen) atoms. The second kappa shape index (κ2) is 27.7. The Kier molecular flexibility index (Phi) is 32.3. The maximum Gasteiger partial charge on any atom is 0.336 e. The van der Waals surface area contributed by atoms with Crippen LogP contribution in [0.3, 0.4) is 0 Å². The Morgan fingerprint density at radius 3 is 0.345 bits per heavy atom. The fourth-order valence-electron chi connectivity index (χ4n) is 2.86. The molecule has 0 aromatic heterocycles. The Morgan fingerprint density at radius 2 is 0.309 bits per heavy atom. The molecule has 31 heteroatoms. The number of hydrogen-bond acceptors (Lipinski definition) is 16. The summed E-state index contributed by atoms with van der Waals surface area (Å²) in [5.41, 5.74) is -11.0. The van der Waals surface area contributed by atoms with E-state index in [2.05, 4.69) is 0 Å². The Bertz CT molecular complexity index is 1130. The number of aliphatic hydroxyl groups is 4. The van der Waals surface area contributed by atoms with Crippen molar-refractivity contribution in [1.82, 2.24) is 0 Å². The molecule has 0 aromatic carbocycles. The van der Waals surface area contributed by atoms with Crippen LogP contribution in [-0.2, 0) is 57.5 Å². The average molecular weight is 865 g/mol. The van der Waals surface area contributed by atoms with Gasteiger partial charge in [0, 0.05) is 0 Å². The smallest absolute Gasteiger partial charge is 0.336 e. The largest absolute Gasteiger partial charge is 0.481 e. The van der Waals surface area contributed by atoms with E-state index in [1.54, 1.807) is 0 Å². The first-order chi connectivity index (χ1) is 23.1. The molecule has 0 saturated carbocycles. The highest BCUT2D eigenvalue weighted by Crippen LogP contribution is 2.18. The van der Waals surface area contributed by atoms with Gasteiger partial charge in [-0.3, -0.25) is 38.4 Å². The highest BCUT2D eigenvalue weighted by Gasteiger charge is 2.43. The van der Waals surface area contributed by atoms with Crippen molar-refractivity contribution >= 4 is 105 Å². The zero-order valence-corrected chi connectivity index (χ0v) is 25.7. The Balaban J connectivity index is -0.000000110. The van der Waals surface area contributed by atoms with E-state index in [1.807, 2.05) is 0 Å². The Morgan fingerprint density at radius 1 is 0.236 bits per heavy atom. The first-order valence-corrected chi connectivity index (χ1v) is 12.7. The van der Waals surface area contributed by atoms with Crippen LogP contribution in [0.25, 0.3) is 0 Å². The fraction of sp³-hybridized carbons (Fsp3) is 0.500. The van der Waals surface area contributed by atoms with Crippen molar-refractivity contribution in [2.24, 2.45) is 0 Å². The third kappa shape index (κ3) is 30.3. The van der Waals surface area contributed by atoms with Crippen LogP contribution in [0.4, 0.5) is 0 Å². The van der Waals surface area contributed by atoms with Gasteiger partial charge in [-0.1, -0.05) is 0 Å². The molecule has 28 nitrogen and oxygen atoms in total. The van der Waals surface area contributed by atoms with Gasteiger partial charge in [-0.2, -0.15) is 0 Å². The molecule has 0 saturated heterocycles. The zero-order chi connectivity index (χ0) is 42.6. The van der Waals surface area contributed by atoms with Gasteiger partial charge in [0.05, 0.1) is 51.4 Å². The van der Waals surface area contributed by atoms with Crippen molar-refractivity contribution < 1.29 is 139 Å². The van der Waals surface area contributed by atoms with Gasteiger partial charge in [0.25, 0.3) is 0 Å². The van der Waals surface area contributed by atoms with Crippen molar-refractivity contribution in [2.45, 2.75) is 73.8 Å². The molecule has 0 aromatic rings. The predicted molar refractivity (Wildman–Crippen MR) is 182 cm³/mol. The van der Waals surface area contributed by atoms with Crippen LogP contribution in [-0.4, -0.2) is 209 Å². The lowest BCUT2D eigenvalue weighted by Crippen LogP contribution is -2.42. The molecule has 0 aliphatic heterocycles. The minimum absolute atomic E-state index is 0. The lowest BCUT2D eigenvalue weighted by Gasteiger charge is -2.18. The van der Waals surface area contributed by atoms with Gasteiger partial charge in [0.15, 0.2) is 22.4 Å². The fourth-order valence-corrected chi connectivity index (χ4v) is 2.86. The van der Waals surface area contributed by atoms with Crippen LogP contribution in [0.15, 0.2) is 0 Å². The molecule has 0 bridgehead atoms. The molecule has 0 amide bonds. The lowest BCUT2D eigenvalue weighted by atomic mass is 9.96. The van der Waals surface area contributed by atoms with Crippen LogP contribution < -0.4 is 0 Å². The van der Waals surface area contributed by atoms with Crippen molar-refractivity contribution in [3.63, 3.8) is 0 Å². The van der Waals surface area contributed by atoms with E-state index in [9.17, 15) is 57.5 Å². The molecule has 0 aliphatic rings. The van der Waals surface area contributed by atoms with Gasteiger partial charge in [-0.15, -0.1) is 0 Å². The van der Waals surface area contributed by atoms with E-state index in [-0.39, 0.29) is 32.9 Å². The zero-order valence-electron chi connectivity index (χ0n) is 25.7. The number of carboxylic acids is 12. The summed E-state index contributed by atoms with van der Waals surface area (Å²) in [5.74, 6) is -20.1. The number of carbonyl (C=O) groups is 12. The number of carboxylic acid groups (broad SMARTS) is 12. The van der Waals surface area contributed by atoms with Crippen LogP contribution >= 0.6 is 0 Å². The summed E-state index contributed by atoms with van der Waals surface area (Å²) in [4.78, 5) is 122. The van der Waals surface area contributed by atoms with E-state index in [0.717, 1.165) is 0 Å². The number of aliphatic carboxylic acids is 12. The van der Waals surface area contributed by atoms with Gasteiger partial charge < -0.3 is 81.7 Å². The topological polar surface area (TPSA) is 529 Å². The molecule has 0 radical (unpaired) electrons. The molecule has 16 N–H and O–H groups in total. The molecule has 0 atom stereocenters. The van der Waals surface area contributed by atoms with E-state index in [1.165, 1.54) is 0 Å². The monoisotopic (exact) mass is 864 g/mol. The lowest BCUT2D eigenvalue weighted by molar-refractivity contribution is -0.170. The van der Waals surface area contributed by atoms with Gasteiger partial charge >= 0.3 is 71.6 Å². The minimum Gasteiger partial charge on any atom is -0.481 e. The van der Waals surface area contributed by atoms with E-state index in [0.29, 0.717) is 0 Å². The van der Waals surface area contributed by atoms with Gasteiger partial charge in [-0.05, 0) is 32.9 Å². The summed E-state index contributed by atoms with van der Waals surface area (Å²) >= 11 is 0. The summed E-state index contributed by atoms with van der Waals surface area (Å²) in [6, 6.07) is 0. The first kappa shape index (κ1) is 64.1. The van der Waals surface area contributed by atoms with E-state index in [4.69, 9.17) is 81.7 Å². The summed E-state index contributed by atoms with van der Waals surface area (Å²) < 4.78 is 0. The van der Waals surface area contributed by atoms with Crippen LogP contribution in [0, 0.1) is 0 Å². The Labute approximate surface area is 317 Å². The second-order valence-corrected chi connectivity index (χ2v) is 9.91. The highest BCUT2D eigenvalue weighted by molar-refractivity contribution is 5.90. The molecule has 320 valence electrons. The molecule has 0 rings (SSSR count). The molecule has 0 spiro atoms. The summed E-state index contributed by atoms with van der Waals surface area (Å²) in [7, 11) is 0. The average Bonchev–Trinajstić information content (AvgIpc) is 2.85. The second-order valence-electron chi connectivity index (χ2n) is 9.91. The molecule has 0 aliphatic carbocycles. The molecular formula is C24H44O28Si3. The normalized spacial score (nSPS) is 10.3. The van der Waals surface area contributed by atoms with Crippen molar-refractivity contribution in [3.05, 3.63) is 0 Å². The Hall–Kier alpha value is -5.87. The van der Waals surface area contributed by atoms with E-state index >= 15 is 0 Å². The van der Waals surface area contributed by atoms with Crippen LogP contribution in [0.1, 0.15) is 51.4 Å². The summed E-state index contributed by atoms with van der Waals surface area (Å²) in [5, 5.41) is 135. The minimum atomic E-state index is -2.74. The maximum atomic E-state index is 10.3. The van der Waals surface area contributed by atoms with Crippen molar-refractivity contribution in [2.75, 3.05) is 0 Å². The maximum absolute atomic E-state index is 10.3. The number of hydrogen-bond donors (Lipinski definition) is 16. The third-order valence-electron chi connectivity index (χ3n) is 5.14. The van der Waals surface area contributed by atoms with Gasteiger partial charge in [0.2, 0.25) is 0 Å². The quantitative estimate of drug-likeness (QED) is 0.0505. The molecule has 0 unspecified atom stereocenters. The van der Waals surface area contributed by atoms with E-state index < -0.39 is 145 Å². The first-order valence-electron chi connectivity index (χ1n) is 12.7. The van der Waals surface area contributed by atoms with Crippen LogP contribution in [0.2, 0.25) is 0 Å². The number of rotatable bonds is 20. The highest BCUT2D eigenvalue weighted by atomic mass is 28.1. The SMILES string of the molecule is O=C(O)CC(O)(CC(=O)O)C(=O)O.O=C(O)CC(O)(CC(=O)O)C(=O)O.O=C(O)CC(O)(CC(=O)O)C(=O)O.O=C(O)CC(O)(CC(=O)O)C(=O)O.[SiH4].[SiH4].[SiH4]. The summed E-state index contributed by atoms with van der Waals surface area (Å²) in [6.45, 7) is 0. The predicted octanol–water partition coefficient (Wildman–Crippen LogP) is -9.35. The molecule has 0 heterocycles. The summed E-state index contributed by atoms with van der Waals surface area (Å²) in [6.07, 6.45) is -9.15. The standard InChI is InChI=1S/4C6H8O7.3H4Si/c4*7-3(8)1-6(13,5(11)12)2-4(9)10;;;/h4*13H,1-2H2,(H,7,8)(H,9,10)(H,11,12);3*1H4. The van der Waals surface area contributed by atoms with Gasteiger partial charge in [-0.25, -0.2) is 19.2 Å². The van der Waals surface area contributed by atoms with Crippen molar-refractivity contribution in [3.8, 4) is 0 Å². The van der Waals surface area contributed by atoms with Crippen molar-refractivity contribution in [1.29, 1.82) is 0 Å². The molecular weight excluding hydrogens is 820 g/mol. The van der Waals surface area contributed by atoms with Gasteiger partial charge in [0.1, 0.15) is 0 Å². The van der Waals surface area contributed by atoms with Crippen LogP contribution in [0.5, 0.6) is 0 Å². The third-order valence-corrected chi connectivity index (χ3v) is 5.14.